The van der Waals surface area contributed by atoms with Gasteiger partial charge in [-0.25, -0.2) is 4.39 Å². The first-order valence-electron chi connectivity index (χ1n) is 5.38. The zero-order valence-electron chi connectivity index (χ0n) is 10.6. The van der Waals surface area contributed by atoms with Crippen LogP contribution in [0.25, 0.3) is 0 Å². The fourth-order valence-corrected chi connectivity index (χ4v) is 1.35. The Balaban J connectivity index is 3.26. The Labute approximate surface area is 112 Å². The predicted molar refractivity (Wildman–Crippen MR) is 63.0 cm³/mol. The van der Waals surface area contributed by atoms with Crippen molar-refractivity contribution in [1.29, 1.82) is 5.26 Å². The van der Waals surface area contributed by atoms with E-state index in [1.54, 1.807) is 0 Å². The van der Waals surface area contributed by atoms with E-state index in [9.17, 15) is 22.4 Å². The van der Waals surface area contributed by atoms with Gasteiger partial charge in [-0.3, -0.25) is 4.79 Å². The average Bonchev–Trinajstić information content (AvgIpc) is 2.24. The van der Waals surface area contributed by atoms with Crippen molar-refractivity contribution in [3.05, 3.63) is 29.1 Å². The minimum Gasteiger partial charge on any atom is -0.324 e. The molecule has 0 aromatic heterocycles. The number of nitrogens with one attached hydrogen (secondary N) is 1. The van der Waals surface area contributed by atoms with Crippen molar-refractivity contribution in [2.24, 2.45) is 5.73 Å². The van der Waals surface area contributed by atoms with Crippen LogP contribution in [-0.2, 0) is 11.0 Å². The second-order valence-corrected chi connectivity index (χ2v) is 4.67. The second-order valence-electron chi connectivity index (χ2n) is 4.67. The molecule has 0 unspecified atom stereocenters. The van der Waals surface area contributed by atoms with Crippen LogP contribution >= 0.6 is 0 Å². The van der Waals surface area contributed by atoms with E-state index >= 15 is 0 Å². The van der Waals surface area contributed by atoms with Gasteiger partial charge in [-0.1, -0.05) is 0 Å². The van der Waals surface area contributed by atoms with Crippen LogP contribution in [0.1, 0.15) is 25.0 Å². The Kier molecular flexibility index (Phi) is 4.05. The number of hydrogen-bond acceptors (Lipinski definition) is 3. The number of amides is 1. The van der Waals surface area contributed by atoms with Crippen molar-refractivity contribution in [2.75, 3.05) is 5.32 Å². The summed E-state index contributed by atoms with van der Waals surface area (Å²) < 4.78 is 51.2. The number of benzene rings is 1. The molecule has 0 aliphatic carbocycles. The summed E-state index contributed by atoms with van der Waals surface area (Å²) in [4.78, 5) is 11.6. The molecule has 4 nitrogen and oxygen atoms in total. The Bertz CT molecular complexity index is 582. The van der Waals surface area contributed by atoms with Gasteiger partial charge in [0.15, 0.2) is 0 Å². The number of nitrogens with zero attached hydrogens (tertiary/aromatic N) is 1. The fourth-order valence-electron chi connectivity index (χ4n) is 1.35. The van der Waals surface area contributed by atoms with Crippen LogP contribution in [0.3, 0.4) is 0 Å². The first-order valence-corrected chi connectivity index (χ1v) is 5.38. The number of hydrogen-bond donors (Lipinski definition) is 2. The predicted octanol–water partition coefficient (Wildman–Crippen LogP) is 2.39. The molecular formula is C12H11F4N3O. The number of rotatable bonds is 2. The standard InChI is InChI=1S/C12H11F4N3O/c1-11(2,18)10(20)19-7-3-6(5-17)9(8(13)4-7)12(14,15)16/h3-4H,18H2,1-2H3,(H,19,20). The molecule has 0 bridgehead atoms. The number of alkyl halides is 3. The SMILES string of the molecule is CC(C)(N)C(=O)Nc1cc(F)c(C(F)(F)F)c(C#N)c1. The van der Waals surface area contributed by atoms with Gasteiger partial charge in [-0.05, 0) is 26.0 Å². The lowest BCUT2D eigenvalue weighted by atomic mass is 10.0. The molecule has 1 amide bonds. The first-order chi connectivity index (χ1) is 8.96. The van der Waals surface area contributed by atoms with Gasteiger partial charge in [-0.2, -0.15) is 18.4 Å². The largest absolute Gasteiger partial charge is 0.420 e. The number of carbonyl (C=O) groups excluding carboxylic acids is 1. The maximum Gasteiger partial charge on any atom is 0.420 e. The molecule has 1 aromatic carbocycles. The van der Waals surface area contributed by atoms with Crippen molar-refractivity contribution < 1.29 is 22.4 Å². The highest BCUT2D eigenvalue weighted by Gasteiger charge is 2.37. The van der Waals surface area contributed by atoms with Crippen molar-refractivity contribution in [3.8, 4) is 6.07 Å². The maximum atomic E-state index is 13.5. The number of halogens is 4. The fraction of sp³-hybridized carbons (Fsp3) is 0.333. The molecule has 3 N–H and O–H groups in total. The molecule has 0 saturated heterocycles. The molecule has 0 atom stereocenters. The Morgan fingerprint density at radius 1 is 1.35 bits per heavy atom. The average molecular weight is 289 g/mol. The van der Waals surface area contributed by atoms with Crippen LogP contribution in [0.2, 0.25) is 0 Å². The summed E-state index contributed by atoms with van der Waals surface area (Å²) in [5, 5.41) is 10.8. The third kappa shape index (κ3) is 3.45. The van der Waals surface area contributed by atoms with E-state index < -0.39 is 34.6 Å². The van der Waals surface area contributed by atoms with Gasteiger partial charge in [0.05, 0.1) is 17.2 Å². The van der Waals surface area contributed by atoms with Gasteiger partial charge < -0.3 is 11.1 Å². The smallest absolute Gasteiger partial charge is 0.324 e. The summed E-state index contributed by atoms with van der Waals surface area (Å²) >= 11 is 0. The number of carbonyl (C=O) groups is 1. The molecule has 108 valence electrons. The molecule has 20 heavy (non-hydrogen) atoms. The monoisotopic (exact) mass is 289 g/mol. The van der Waals surface area contributed by atoms with E-state index in [4.69, 9.17) is 11.0 Å². The number of anilines is 1. The van der Waals surface area contributed by atoms with Gasteiger partial charge >= 0.3 is 6.18 Å². The number of nitriles is 1. The van der Waals surface area contributed by atoms with Crippen LogP contribution in [0.4, 0.5) is 23.2 Å². The third-order valence-electron chi connectivity index (χ3n) is 2.34. The Morgan fingerprint density at radius 2 is 1.90 bits per heavy atom. The summed E-state index contributed by atoms with van der Waals surface area (Å²) in [5.41, 5.74) is 1.34. The van der Waals surface area contributed by atoms with Gasteiger partial charge in [0, 0.05) is 5.69 Å². The number of nitrogens with two attached hydrogens (primary N) is 1. The van der Waals surface area contributed by atoms with E-state index in [1.807, 2.05) is 0 Å². The highest BCUT2D eigenvalue weighted by molar-refractivity contribution is 5.97. The van der Waals surface area contributed by atoms with Gasteiger partial charge in [0.25, 0.3) is 0 Å². The van der Waals surface area contributed by atoms with Crippen LogP contribution in [-0.4, -0.2) is 11.4 Å². The van der Waals surface area contributed by atoms with Crippen molar-refractivity contribution in [2.45, 2.75) is 25.6 Å². The van der Waals surface area contributed by atoms with E-state index in [0.717, 1.165) is 6.07 Å². The zero-order valence-corrected chi connectivity index (χ0v) is 10.6. The van der Waals surface area contributed by atoms with E-state index in [-0.39, 0.29) is 5.69 Å². The molecule has 0 saturated carbocycles. The summed E-state index contributed by atoms with van der Waals surface area (Å²) in [6.45, 7) is 2.74. The summed E-state index contributed by atoms with van der Waals surface area (Å²) in [5.74, 6) is -2.36. The first kappa shape index (κ1) is 15.9. The zero-order chi connectivity index (χ0) is 15.7. The highest BCUT2D eigenvalue weighted by atomic mass is 19.4. The minimum absolute atomic E-state index is 0.268. The lowest BCUT2D eigenvalue weighted by molar-refractivity contribution is -0.140. The molecule has 0 radical (unpaired) electrons. The van der Waals surface area contributed by atoms with E-state index in [1.165, 1.54) is 19.9 Å². The van der Waals surface area contributed by atoms with Crippen LogP contribution in [0.15, 0.2) is 12.1 Å². The van der Waals surface area contributed by atoms with Crippen LogP contribution < -0.4 is 11.1 Å². The molecule has 0 spiro atoms. The molecular weight excluding hydrogens is 278 g/mol. The lowest BCUT2D eigenvalue weighted by Gasteiger charge is -2.18. The van der Waals surface area contributed by atoms with Crippen molar-refractivity contribution >= 4 is 11.6 Å². The Hall–Kier alpha value is -2.14. The molecule has 1 rings (SSSR count). The quantitative estimate of drug-likeness (QED) is 0.820. The topological polar surface area (TPSA) is 78.9 Å². The van der Waals surface area contributed by atoms with Gasteiger partial charge in [0.2, 0.25) is 5.91 Å². The molecule has 0 fully saturated rings. The second kappa shape index (κ2) is 5.09. The minimum atomic E-state index is -5.00. The summed E-state index contributed by atoms with van der Waals surface area (Å²) in [6, 6.07) is 2.49. The Morgan fingerprint density at radius 3 is 2.30 bits per heavy atom. The van der Waals surface area contributed by atoms with Gasteiger partial charge in [-0.15, -0.1) is 0 Å². The molecule has 0 heterocycles. The van der Waals surface area contributed by atoms with E-state index in [0.29, 0.717) is 6.07 Å². The highest BCUT2D eigenvalue weighted by Crippen LogP contribution is 2.35. The molecule has 0 aliphatic rings. The normalized spacial score (nSPS) is 11.9. The van der Waals surface area contributed by atoms with Gasteiger partial charge in [0.1, 0.15) is 11.4 Å². The van der Waals surface area contributed by atoms with Crippen molar-refractivity contribution in [3.63, 3.8) is 0 Å². The maximum absolute atomic E-state index is 13.5. The lowest BCUT2D eigenvalue weighted by Crippen LogP contribution is -2.45. The molecule has 0 aliphatic heterocycles. The van der Waals surface area contributed by atoms with Crippen molar-refractivity contribution in [1.82, 2.24) is 0 Å². The summed E-state index contributed by atoms with van der Waals surface area (Å²) in [7, 11) is 0. The third-order valence-corrected chi connectivity index (χ3v) is 2.34. The van der Waals surface area contributed by atoms with Crippen LogP contribution in [0, 0.1) is 17.1 Å². The van der Waals surface area contributed by atoms with E-state index in [2.05, 4.69) is 5.32 Å². The molecule has 1 aromatic rings. The van der Waals surface area contributed by atoms with Crippen LogP contribution in [0.5, 0.6) is 0 Å². The molecule has 8 heteroatoms. The summed E-state index contributed by atoms with van der Waals surface area (Å²) in [6.07, 6.45) is -5.00.